The Kier molecular flexibility index (Phi) is 6.81. The van der Waals surface area contributed by atoms with E-state index in [1.165, 1.54) is 33.1 Å². The molecular weight excluding hydrogens is 374 g/mol. The number of nitrogens with zero attached hydrogens (tertiary/aromatic N) is 1. The zero-order valence-electron chi connectivity index (χ0n) is 15.7. The second-order valence-corrected chi connectivity index (χ2v) is 7.40. The molecule has 0 aliphatic rings. The summed E-state index contributed by atoms with van der Waals surface area (Å²) in [7, 11) is -2.55. The predicted octanol–water partition coefficient (Wildman–Crippen LogP) is 2.10. The fourth-order valence-corrected chi connectivity index (χ4v) is 3.52. The fourth-order valence-electron chi connectivity index (χ4n) is 2.35. The van der Waals surface area contributed by atoms with Gasteiger partial charge < -0.3 is 14.0 Å². The molecule has 1 aromatic heterocycles. The van der Waals surface area contributed by atoms with Gasteiger partial charge in [-0.05, 0) is 38.5 Å². The maximum Gasteiger partial charge on any atom is 0.266 e. The third kappa shape index (κ3) is 4.98. The number of sulfonamides is 1. The van der Waals surface area contributed by atoms with E-state index in [1.807, 2.05) is 4.83 Å². The number of benzene rings is 1. The number of carbonyl (C=O) groups excluding carboxylic acids is 1. The van der Waals surface area contributed by atoms with Crippen LogP contribution >= 0.6 is 0 Å². The zero-order valence-corrected chi connectivity index (χ0v) is 16.5. The summed E-state index contributed by atoms with van der Waals surface area (Å²) in [6.45, 7) is 5.56. The Hall–Kier alpha value is -2.59. The van der Waals surface area contributed by atoms with Crippen molar-refractivity contribution in [2.24, 2.45) is 0 Å². The first-order valence-corrected chi connectivity index (χ1v) is 9.84. The summed E-state index contributed by atoms with van der Waals surface area (Å²) in [5.74, 6) is 0.374. The van der Waals surface area contributed by atoms with Gasteiger partial charge >= 0.3 is 0 Å². The highest BCUT2D eigenvalue weighted by Gasteiger charge is 2.25. The number of hydrazine groups is 1. The van der Waals surface area contributed by atoms with E-state index in [0.29, 0.717) is 18.1 Å². The van der Waals surface area contributed by atoms with Crippen LogP contribution in [0.4, 0.5) is 0 Å². The molecule has 0 aliphatic heterocycles. The molecule has 0 radical (unpaired) electrons. The lowest BCUT2D eigenvalue weighted by Crippen LogP contribution is -2.41. The van der Waals surface area contributed by atoms with Crippen molar-refractivity contribution in [2.75, 3.05) is 13.7 Å². The Bertz CT molecular complexity index is 888. The number of rotatable bonds is 9. The minimum atomic E-state index is -4.01. The van der Waals surface area contributed by atoms with Gasteiger partial charge in [-0.3, -0.25) is 10.2 Å². The van der Waals surface area contributed by atoms with Gasteiger partial charge in [-0.1, -0.05) is 18.5 Å². The van der Waals surface area contributed by atoms with E-state index in [9.17, 15) is 13.2 Å². The summed E-state index contributed by atoms with van der Waals surface area (Å²) in [5.41, 5.74) is 2.57. The lowest BCUT2D eigenvalue weighted by molar-refractivity contribution is 0.0944. The van der Waals surface area contributed by atoms with Gasteiger partial charge in [-0.2, -0.15) is 0 Å². The van der Waals surface area contributed by atoms with Gasteiger partial charge in [-0.25, -0.2) is 8.42 Å². The van der Waals surface area contributed by atoms with Crippen LogP contribution in [0.1, 0.15) is 41.6 Å². The van der Waals surface area contributed by atoms with Gasteiger partial charge in [0.05, 0.1) is 13.7 Å². The molecule has 1 aromatic carbocycles. The van der Waals surface area contributed by atoms with Gasteiger partial charge in [0.2, 0.25) is 0 Å². The molecule has 2 rings (SSSR count). The van der Waals surface area contributed by atoms with Crippen LogP contribution in [0.3, 0.4) is 0 Å². The number of aromatic nitrogens is 1. The zero-order chi connectivity index (χ0) is 20.0. The number of amides is 1. The van der Waals surface area contributed by atoms with Crippen molar-refractivity contribution in [3.8, 4) is 11.5 Å². The maximum atomic E-state index is 12.3. The summed E-state index contributed by atoms with van der Waals surface area (Å²) in [4.78, 5) is 14.2. The van der Waals surface area contributed by atoms with E-state index in [1.54, 1.807) is 6.07 Å². The number of nitrogens with one attached hydrogen (secondary N) is 2. The van der Waals surface area contributed by atoms with Crippen LogP contribution in [0.5, 0.6) is 11.5 Å². The molecule has 0 saturated carbocycles. The number of carbonyl (C=O) groups is 1. The second kappa shape index (κ2) is 8.87. The monoisotopic (exact) mass is 397 g/mol. The third-order valence-electron chi connectivity index (χ3n) is 3.72. The molecule has 10 heteroatoms. The normalized spacial score (nSPS) is 11.3. The maximum absolute atomic E-state index is 12.3. The van der Waals surface area contributed by atoms with Crippen molar-refractivity contribution in [3.05, 3.63) is 35.2 Å². The Labute approximate surface area is 158 Å². The standard InChI is InChI=1S/C17H23N3O6S/c1-5-6-9-25-14-8-7-13(10-15(14)24-4)17(21)18-20-27(22,23)16-11(2)19-26-12(16)3/h7-8,10,20H,5-6,9H2,1-4H3,(H,18,21). The smallest absolute Gasteiger partial charge is 0.266 e. The summed E-state index contributed by atoms with van der Waals surface area (Å²) < 4.78 is 40.3. The van der Waals surface area contributed by atoms with Crippen LogP contribution in [0.2, 0.25) is 0 Å². The molecule has 0 spiro atoms. The molecule has 1 heterocycles. The largest absolute Gasteiger partial charge is 0.493 e. The molecule has 0 bridgehead atoms. The van der Waals surface area contributed by atoms with Crippen LogP contribution < -0.4 is 19.7 Å². The van der Waals surface area contributed by atoms with Crippen molar-refractivity contribution in [2.45, 2.75) is 38.5 Å². The molecule has 9 nitrogen and oxygen atoms in total. The van der Waals surface area contributed by atoms with E-state index < -0.39 is 15.9 Å². The quantitative estimate of drug-likeness (QED) is 0.491. The number of methoxy groups -OCH3 is 1. The minimum Gasteiger partial charge on any atom is -0.493 e. The van der Waals surface area contributed by atoms with Crippen LogP contribution in [0, 0.1) is 13.8 Å². The number of aryl methyl sites for hydroxylation is 2. The molecule has 1 amide bonds. The van der Waals surface area contributed by atoms with Gasteiger partial charge in [0.25, 0.3) is 15.9 Å². The fraction of sp³-hybridized carbons (Fsp3) is 0.412. The highest BCUT2D eigenvalue weighted by Crippen LogP contribution is 2.28. The summed E-state index contributed by atoms with van der Waals surface area (Å²) >= 11 is 0. The van der Waals surface area contributed by atoms with Crippen molar-refractivity contribution in [3.63, 3.8) is 0 Å². The molecule has 0 aliphatic carbocycles. The highest BCUT2D eigenvalue weighted by atomic mass is 32.2. The SMILES string of the molecule is CCCCOc1ccc(C(=O)NNS(=O)(=O)c2c(C)noc2C)cc1OC. The van der Waals surface area contributed by atoms with Crippen LogP contribution in [-0.4, -0.2) is 33.2 Å². The molecule has 0 fully saturated rings. The van der Waals surface area contributed by atoms with Crippen molar-refractivity contribution < 1.29 is 27.2 Å². The van der Waals surface area contributed by atoms with Crippen LogP contribution in [0.25, 0.3) is 0 Å². The average molecular weight is 397 g/mol. The molecular formula is C17H23N3O6S. The van der Waals surface area contributed by atoms with E-state index in [-0.39, 0.29) is 21.9 Å². The van der Waals surface area contributed by atoms with Crippen LogP contribution in [-0.2, 0) is 10.0 Å². The minimum absolute atomic E-state index is 0.111. The predicted molar refractivity (Wildman–Crippen MR) is 97.2 cm³/mol. The Morgan fingerprint density at radius 2 is 2.00 bits per heavy atom. The molecule has 27 heavy (non-hydrogen) atoms. The van der Waals surface area contributed by atoms with E-state index >= 15 is 0 Å². The lowest BCUT2D eigenvalue weighted by atomic mass is 10.2. The topological polar surface area (TPSA) is 120 Å². The Morgan fingerprint density at radius 1 is 1.26 bits per heavy atom. The van der Waals surface area contributed by atoms with Crippen molar-refractivity contribution >= 4 is 15.9 Å². The number of ether oxygens (including phenoxy) is 2. The van der Waals surface area contributed by atoms with Gasteiger partial charge in [-0.15, -0.1) is 4.83 Å². The summed E-state index contributed by atoms with van der Waals surface area (Å²) in [6.07, 6.45) is 1.89. The Morgan fingerprint density at radius 3 is 2.59 bits per heavy atom. The molecule has 0 saturated heterocycles. The number of hydrogen-bond donors (Lipinski definition) is 2. The molecule has 2 aromatic rings. The van der Waals surface area contributed by atoms with Gasteiger partial charge in [0.1, 0.15) is 10.6 Å². The number of hydrogen-bond acceptors (Lipinski definition) is 7. The third-order valence-corrected chi connectivity index (χ3v) is 5.21. The first-order chi connectivity index (χ1) is 12.8. The first kappa shape index (κ1) is 20.7. The van der Waals surface area contributed by atoms with Crippen molar-refractivity contribution in [1.82, 2.24) is 15.4 Å². The highest BCUT2D eigenvalue weighted by molar-refractivity contribution is 7.89. The van der Waals surface area contributed by atoms with E-state index in [2.05, 4.69) is 17.5 Å². The molecule has 0 atom stereocenters. The molecule has 2 N–H and O–H groups in total. The Balaban J connectivity index is 2.09. The van der Waals surface area contributed by atoms with E-state index in [4.69, 9.17) is 14.0 Å². The first-order valence-electron chi connectivity index (χ1n) is 8.36. The van der Waals surface area contributed by atoms with Crippen LogP contribution in [0.15, 0.2) is 27.6 Å². The lowest BCUT2D eigenvalue weighted by Gasteiger charge is -2.12. The second-order valence-electron chi connectivity index (χ2n) is 5.78. The number of unbranched alkanes of at least 4 members (excludes halogenated alkanes) is 1. The summed E-state index contributed by atoms with van der Waals surface area (Å²) in [6, 6.07) is 4.59. The van der Waals surface area contributed by atoms with E-state index in [0.717, 1.165) is 12.8 Å². The summed E-state index contributed by atoms with van der Waals surface area (Å²) in [5, 5.41) is 3.59. The van der Waals surface area contributed by atoms with Crippen molar-refractivity contribution in [1.29, 1.82) is 0 Å². The molecule has 0 unspecified atom stereocenters. The van der Waals surface area contributed by atoms with Gasteiger partial charge in [0.15, 0.2) is 17.3 Å². The molecule has 148 valence electrons. The van der Waals surface area contributed by atoms with Gasteiger partial charge in [0, 0.05) is 5.56 Å². The average Bonchev–Trinajstić information content (AvgIpc) is 2.99.